The van der Waals surface area contributed by atoms with Gasteiger partial charge in [-0.15, -0.1) is 0 Å². The summed E-state index contributed by atoms with van der Waals surface area (Å²) in [4.78, 5) is 0. The number of hydrogen-bond acceptors (Lipinski definition) is 5. The molecule has 0 aromatic heterocycles. The molecular weight excluding hydrogens is 356 g/mol. The van der Waals surface area contributed by atoms with Crippen LogP contribution in [0.4, 0.5) is 0 Å². The van der Waals surface area contributed by atoms with Gasteiger partial charge in [0.15, 0.2) is 11.5 Å². The monoisotopic (exact) mass is 384 g/mol. The Balaban J connectivity index is 2.39. The molecule has 5 nitrogen and oxygen atoms in total. The van der Waals surface area contributed by atoms with Gasteiger partial charge in [0.25, 0.3) is 0 Å². The topological polar surface area (TPSA) is 57.2 Å². The number of hydrogen-bond donors (Lipinski definition) is 1. The van der Waals surface area contributed by atoms with E-state index in [0.717, 1.165) is 16.7 Å². The molecule has 2 aromatic rings. The van der Waals surface area contributed by atoms with Gasteiger partial charge < -0.3 is 24.1 Å². The average Bonchev–Trinajstić information content (AvgIpc) is 2.69. The first-order chi connectivity index (χ1) is 13.4. The van der Waals surface area contributed by atoms with Crippen LogP contribution >= 0.6 is 0 Å². The Hall–Kier alpha value is -3.08. The summed E-state index contributed by atoms with van der Waals surface area (Å²) < 4.78 is 21.6. The zero-order valence-electron chi connectivity index (χ0n) is 17.3. The summed E-state index contributed by atoms with van der Waals surface area (Å²) in [6, 6.07) is 7.35. The van der Waals surface area contributed by atoms with Gasteiger partial charge in [-0.1, -0.05) is 23.8 Å². The zero-order valence-corrected chi connectivity index (χ0v) is 17.3. The van der Waals surface area contributed by atoms with Crippen LogP contribution in [0.2, 0.25) is 0 Å². The number of ether oxygens (including phenoxy) is 4. The van der Waals surface area contributed by atoms with E-state index < -0.39 is 0 Å². The molecule has 0 saturated carbocycles. The molecule has 28 heavy (non-hydrogen) atoms. The molecule has 0 heterocycles. The van der Waals surface area contributed by atoms with Crippen molar-refractivity contribution in [2.45, 2.75) is 20.3 Å². The van der Waals surface area contributed by atoms with Crippen molar-refractivity contribution in [3.05, 3.63) is 52.6 Å². The maximum Gasteiger partial charge on any atom is 0.203 e. The highest BCUT2D eigenvalue weighted by Gasteiger charge is 2.12. The molecule has 0 amide bonds. The van der Waals surface area contributed by atoms with Crippen molar-refractivity contribution < 1.29 is 24.1 Å². The summed E-state index contributed by atoms with van der Waals surface area (Å²) in [6.45, 7) is 4.05. The number of phenolic OH excluding ortho intramolecular Hbond substituents is 1. The van der Waals surface area contributed by atoms with Gasteiger partial charge in [-0.05, 0) is 55.7 Å². The van der Waals surface area contributed by atoms with Gasteiger partial charge in [-0.25, -0.2) is 0 Å². The van der Waals surface area contributed by atoms with Gasteiger partial charge in [0.1, 0.15) is 11.5 Å². The van der Waals surface area contributed by atoms with E-state index in [-0.39, 0.29) is 5.75 Å². The molecule has 1 N–H and O–H groups in total. The van der Waals surface area contributed by atoms with Crippen molar-refractivity contribution in [3.8, 4) is 28.7 Å². The highest BCUT2D eigenvalue weighted by molar-refractivity contribution is 5.74. The van der Waals surface area contributed by atoms with Crippen LogP contribution in [0.25, 0.3) is 12.2 Å². The first-order valence-electron chi connectivity index (χ1n) is 8.94. The Kier molecular flexibility index (Phi) is 7.38. The van der Waals surface area contributed by atoms with Crippen LogP contribution in [0.15, 0.2) is 35.9 Å². The fourth-order valence-electron chi connectivity index (χ4n) is 2.83. The maximum atomic E-state index is 10.4. The molecule has 0 fully saturated rings. The summed E-state index contributed by atoms with van der Waals surface area (Å²) in [5, 5.41) is 10.4. The molecule has 0 aliphatic carbocycles. The maximum absolute atomic E-state index is 10.4. The normalized spacial score (nSPS) is 10.6. The van der Waals surface area contributed by atoms with Gasteiger partial charge in [-0.2, -0.15) is 0 Å². The Morgan fingerprint density at radius 2 is 1.29 bits per heavy atom. The molecule has 0 unspecified atom stereocenters. The van der Waals surface area contributed by atoms with Crippen molar-refractivity contribution in [2.75, 3.05) is 28.4 Å². The summed E-state index contributed by atoms with van der Waals surface area (Å²) in [5.41, 5.74) is 3.66. The van der Waals surface area contributed by atoms with E-state index in [1.165, 1.54) is 5.57 Å². The number of allylic oxidation sites excluding steroid dienone is 2. The molecule has 0 saturated heterocycles. The molecule has 5 heteroatoms. The fraction of sp³-hybridized carbons (Fsp3) is 0.304. The molecule has 2 aromatic carbocycles. The Labute approximate surface area is 166 Å². The van der Waals surface area contributed by atoms with Gasteiger partial charge in [-0.3, -0.25) is 0 Å². The van der Waals surface area contributed by atoms with E-state index in [2.05, 4.69) is 6.08 Å². The largest absolute Gasteiger partial charge is 0.507 e. The van der Waals surface area contributed by atoms with Gasteiger partial charge >= 0.3 is 0 Å². The summed E-state index contributed by atoms with van der Waals surface area (Å²) in [6.07, 6.45) is 6.49. The SMILES string of the molecule is COc1cc(/C=C/c2cc(OC)c(OC)c(OC)c2)cc(O)c1CC=C(C)C. The van der Waals surface area contributed by atoms with Crippen molar-refractivity contribution in [1.29, 1.82) is 0 Å². The number of rotatable bonds is 8. The minimum absolute atomic E-state index is 0.210. The smallest absolute Gasteiger partial charge is 0.203 e. The van der Waals surface area contributed by atoms with Gasteiger partial charge in [0.2, 0.25) is 5.75 Å². The molecule has 0 radical (unpaired) electrons. The van der Waals surface area contributed by atoms with Crippen molar-refractivity contribution in [3.63, 3.8) is 0 Å². The van der Waals surface area contributed by atoms with Crippen LogP contribution in [-0.4, -0.2) is 33.5 Å². The molecule has 0 spiro atoms. The van der Waals surface area contributed by atoms with Crippen LogP contribution in [0, 0.1) is 0 Å². The van der Waals surface area contributed by atoms with Crippen LogP contribution in [0.5, 0.6) is 28.7 Å². The lowest BCUT2D eigenvalue weighted by Gasteiger charge is -2.13. The van der Waals surface area contributed by atoms with E-state index >= 15 is 0 Å². The lowest BCUT2D eigenvalue weighted by Crippen LogP contribution is -1.95. The predicted molar refractivity (Wildman–Crippen MR) is 113 cm³/mol. The fourth-order valence-corrected chi connectivity index (χ4v) is 2.83. The molecule has 0 aliphatic rings. The second-order valence-corrected chi connectivity index (χ2v) is 6.50. The average molecular weight is 384 g/mol. The molecule has 0 atom stereocenters. The Morgan fingerprint density at radius 3 is 1.75 bits per heavy atom. The van der Waals surface area contributed by atoms with E-state index in [1.807, 2.05) is 44.2 Å². The van der Waals surface area contributed by atoms with Crippen LogP contribution in [-0.2, 0) is 6.42 Å². The lowest BCUT2D eigenvalue weighted by molar-refractivity contribution is 0.324. The van der Waals surface area contributed by atoms with Crippen LogP contribution < -0.4 is 18.9 Å². The standard InChI is InChI=1S/C23H28O5/c1-15(2)7-10-18-19(24)11-16(12-20(18)25-3)8-9-17-13-21(26-4)23(28-6)22(14-17)27-5/h7-9,11-14,24H,10H2,1-6H3/b9-8+. The minimum Gasteiger partial charge on any atom is -0.507 e. The third-order valence-corrected chi connectivity index (χ3v) is 4.30. The van der Waals surface area contributed by atoms with Crippen LogP contribution in [0.3, 0.4) is 0 Å². The molecule has 150 valence electrons. The first-order valence-corrected chi connectivity index (χ1v) is 8.94. The zero-order chi connectivity index (χ0) is 20.7. The molecule has 2 rings (SSSR count). The molecular formula is C23H28O5. The molecule has 0 aliphatic heterocycles. The van der Waals surface area contributed by atoms with E-state index in [9.17, 15) is 5.11 Å². The summed E-state index contributed by atoms with van der Waals surface area (Å²) in [7, 11) is 6.34. The molecule has 0 bridgehead atoms. The van der Waals surface area contributed by atoms with E-state index in [1.54, 1.807) is 34.5 Å². The summed E-state index contributed by atoms with van der Waals surface area (Å²) >= 11 is 0. The Bertz CT molecular complexity index is 852. The second-order valence-electron chi connectivity index (χ2n) is 6.50. The van der Waals surface area contributed by atoms with Gasteiger partial charge in [0, 0.05) is 5.56 Å². The highest BCUT2D eigenvalue weighted by Crippen LogP contribution is 2.39. The third kappa shape index (κ3) is 5.00. The van der Waals surface area contributed by atoms with Crippen molar-refractivity contribution in [2.24, 2.45) is 0 Å². The van der Waals surface area contributed by atoms with Crippen molar-refractivity contribution in [1.82, 2.24) is 0 Å². The minimum atomic E-state index is 0.210. The number of methoxy groups -OCH3 is 4. The first kappa shape index (κ1) is 21.2. The van der Waals surface area contributed by atoms with E-state index in [0.29, 0.717) is 29.4 Å². The lowest BCUT2D eigenvalue weighted by atomic mass is 10.0. The van der Waals surface area contributed by atoms with E-state index in [4.69, 9.17) is 18.9 Å². The number of benzene rings is 2. The van der Waals surface area contributed by atoms with Crippen molar-refractivity contribution >= 4 is 12.2 Å². The Morgan fingerprint density at radius 1 is 0.786 bits per heavy atom. The predicted octanol–water partition coefficient (Wildman–Crippen LogP) is 5.11. The number of aromatic hydroxyl groups is 1. The highest BCUT2D eigenvalue weighted by atomic mass is 16.5. The summed E-state index contributed by atoms with van der Waals surface area (Å²) in [5.74, 6) is 2.58. The third-order valence-electron chi connectivity index (χ3n) is 4.30. The quantitative estimate of drug-likeness (QED) is 0.506. The van der Waals surface area contributed by atoms with Gasteiger partial charge in [0.05, 0.1) is 28.4 Å². The second kappa shape index (κ2) is 9.74. The van der Waals surface area contributed by atoms with Crippen LogP contribution in [0.1, 0.15) is 30.5 Å². The number of phenols is 1.